The molecule has 0 aromatic carbocycles. The lowest BCUT2D eigenvalue weighted by Crippen LogP contribution is -2.48. The molecule has 0 unspecified atom stereocenters. The number of amides is 3. The second-order valence-corrected chi connectivity index (χ2v) is 5.76. The van der Waals surface area contributed by atoms with E-state index in [-0.39, 0.29) is 11.9 Å². The number of carbonyl (C=O) groups is 2. The van der Waals surface area contributed by atoms with Crippen LogP contribution < -0.4 is 10.6 Å². The number of nitrogens with zero attached hydrogens (tertiary/aromatic N) is 3. The third-order valence-electron chi connectivity index (χ3n) is 3.55. The standard InChI is InChI=1S/C16H23N5O2/c1-11-6-5-9-21-10-13(19-14(11)21)7-8-17-16(23)18-12(2)15(22)20(3)4/h5-6,9-10,12H,7-8H2,1-4H3,(H2,17,18,23)/t12-/m0/s1. The van der Waals surface area contributed by atoms with Gasteiger partial charge in [-0.3, -0.25) is 4.79 Å². The Morgan fingerprint density at radius 1 is 1.39 bits per heavy atom. The number of carbonyl (C=O) groups excluding carboxylic acids is 2. The van der Waals surface area contributed by atoms with Gasteiger partial charge in [-0.05, 0) is 25.5 Å². The maximum Gasteiger partial charge on any atom is 0.315 e. The lowest BCUT2D eigenvalue weighted by atomic mass is 10.3. The average molecular weight is 317 g/mol. The van der Waals surface area contributed by atoms with Crippen LogP contribution in [-0.2, 0) is 11.2 Å². The largest absolute Gasteiger partial charge is 0.347 e. The van der Waals surface area contributed by atoms with Crippen LogP contribution >= 0.6 is 0 Å². The molecule has 2 rings (SSSR count). The number of hydrogen-bond donors (Lipinski definition) is 2. The van der Waals surface area contributed by atoms with Gasteiger partial charge in [0.1, 0.15) is 11.7 Å². The Morgan fingerprint density at radius 2 is 2.13 bits per heavy atom. The van der Waals surface area contributed by atoms with Gasteiger partial charge in [0.15, 0.2) is 0 Å². The highest BCUT2D eigenvalue weighted by Crippen LogP contribution is 2.09. The third-order valence-corrected chi connectivity index (χ3v) is 3.55. The van der Waals surface area contributed by atoms with Crippen molar-refractivity contribution in [3.63, 3.8) is 0 Å². The molecule has 7 heteroatoms. The van der Waals surface area contributed by atoms with Crippen LogP contribution in [0.1, 0.15) is 18.2 Å². The second kappa shape index (κ2) is 7.13. The van der Waals surface area contributed by atoms with Crippen LogP contribution in [0.3, 0.4) is 0 Å². The summed E-state index contributed by atoms with van der Waals surface area (Å²) in [6.07, 6.45) is 4.54. The van der Waals surface area contributed by atoms with E-state index in [0.717, 1.165) is 16.9 Å². The molecule has 0 radical (unpaired) electrons. The van der Waals surface area contributed by atoms with E-state index < -0.39 is 6.04 Å². The van der Waals surface area contributed by atoms with Crippen molar-refractivity contribution in [1.29, 1.82) is 0 Å². The molecule has 0 bridgehead atoms. The normalized spacial score (nSPS) is 12.0. The van der Waals surface area contributed by atoms with Gasteiger partial charge in [0, 0.05) is 39.5 Å². The Balaban J connectivity index is 1.83. The summed E-state index contributed by atoms with van der Waals surface area (Å²) in [6.45, 7) is 4.13. The van der Waals surface area contributed by atoms with Crippen molar-refractivity contribution in [2.75, 3.05) is 20.6 Å². The molecule has 7 nitrogen and oxygen atoms in total. The molecule has 2 N–H and O–H groups in total. The van der Waals surface area contributed by atoms with Gasteiger partial charge >= 0.3 is 6.03 Å². The molecule has 124 valence electrons. The van der Waals surface area contributed by atoms with E-state index in [4.69, 9.17) is 0 Å². The molecule has 3 amide bonds. The van der Waals surface area contributed by atoms with Crippen molar-refractivity contribution in [2.24, 2.45) is 0 Å². The number of urea groups is 1. The lowest BCUT2D eigenvalue weighted by molar-refractivity contribution is -0.130. The van der Waals surface area contributed by atoms with E-state index >= 15 is 0 Å². The monoisotopic (exact) mass is 317 g/mol. The van der Waals surface area contributed by atoms with Gasteiger partial charge in [0.2, 0.25) is 5.91 Å². The van der Waals surface area contributed by atoms with Crippen molar-refractivity contribution >= 4 is 17.6 Å². The minimum Gasteiger partial charge on any atom is -0.347 e. The van der Waals surface area contributed by atoms with Crippen LogP contribution in [0.5, 0.6) is 0 Å². The minimum atomic E-state index is -0.553. The lowest BCUT2D eigenvalue weighted by Gasteiger charge is -2.18. The Morgan fingerprint density at radius 3 is 2.78 bits per heavy atom. The van der Waals surface area contributed by atoms with E-state index in [1.807, 2.05) is 35.9 Å². The van der Waals surface area contributed by atoms with Crippen LogP contribution in [0.2, 0.25) is 0 Å². The summed E-state index contributed by atoms with van der Waals surface area (Å²) < 4.78 is 1.97. The molecule has 0 saturated heterocycles. The molecule has 0 aliphatic rings. The van der Waals surface area contributed by atoms with Crippen LogP contribution in [-0.4, -0.2) is 52.9 Å². The quantitative estimate of drug-likeness (QED) is 0.862. The SMILES string of the molecule is Cc1cccn2cc(CCNC(=O)N[C@@H](C)C(=O)N(C)C)nc12. The number of rotatable bonds is 5. The summed E-state index contributed by atoms with van der Waals surface area (Å²) in [4.78, 5) is 29.5. The number of nitrogens with one attached hydrogen (secondary N) is 2. The predicted molar refractivity (Wildman–Crippen MR) is 88.3 cm³/mol. The molecule has 0 spiro atoms. The summed E-state index contributed by atoms with van der Waals surface area (Å²) >= 11 is 0. The fourth-order valence-electron chi connectivity index (χ4n) is 2.33. The molecule has 0 saturated carbocycles. The van der Waals surface area contributed by atoms with Crippen LogP contribution in [0.15, 0.2) is 24.5 Å². The summed E-state index contributed by atoms with van der Waals surface area (Å²) in [5, 5.41) is 5.36. The summed E-state index contributed by atoms with van der Waals surface area (Å²) in [6, 6.07) is 3.08. The van der Waals surface area contributed by atoms with E-state index in [9.17, 15) is 9.59 Å². The molecular formula is C16H23N5O2. The zero-order valence-corrected chi connectivity index (χ0v) is 14.0. The molecular weight excluding hydrogens is 294 g/mol. The van der Waals surface area contributed by atoms with E-state index in [1.54, 1.807) is 21.0 Å². The fraction of sp³-hybridized carbons (Fsp3) is 0.438. The van der Waals surface area contributed by atoms with Gasteiger partial charge in [-0.1, -0.05) is 6.07 Å². The first-order valence-electron chi connectivity index (χ1n) is 7.57. The van der Waals surface area contributed by atoms with Crippen molar-refractivity contribution in [3.05, 3.63) is 35.8 Å². The number of fused-ring (bicyclic) bond motifs is 1. The van der Waals surface area contributed by atoms with Crippen molar-refractivity contribution in [3.8, 4) is 0 Å². The number of hydrogen-bond acceptors (Lipinski definition) is 3. The van der Waals surface area contributed by atoms with Crippen molar-refractivity contribution in [1.82, 2.24) is 24.9 Å². The average Bonchev–Trinajstić information content (AvgIpc) is 2.90. The molecule has 0 aliphatic heterocycles. The zero-order chi connectivity index (χ0) is 17.0. The Bertz CT molecular complexity index is 708. The van der Waals surface area contributed by atoms with E-state index in [1.165, 1.54) is 4.90 Å². The van der Waals surface area contributed by atoms with Gasteiger partial charge in [0.25, 0.3) is 0 Å². The fourth-order valence-corrected chi connectivity index (χ4v) is 2.33. The van der Waals surface area contributed by atoms with Gasteiger partial charge in [-0.2, -0.15) is 0 Å². The topological polar surface area (TPSA) is 78.7 Å². The number of imidazole rings is 1. The molecule has 2 heterocycles. The number of pyridine rings is 1. The first-order valence-corrected chi connectivity index (χ1v) is 7.57. The molecule has 1 atom stereocenters. The highest BCUT2D eigenvalue weighted by Gasteiger charge is 2.16. The molecule has 23 heavy (non-hydrogen) atoms. The van der Waals surface area contributed by atoms with Gasteiger partial charge in [-0.15, -0.1) is 0 Å². The third kappa shape index (κ3) is 4.21. The zero-order valence-electron chi connectivity index (χ0n) is 14.0. The minimum absolute atomic E-state index is 0.143. The maximum atomic E-state index is 11.8. The van der Waals surface area contributed by atoms with Gasteiger partial charge in [-0.25, -0.2) is 9.78 Å². The number of aryl methyl sites for hydroxylation is 1. The van der Waals surface area contributed by atoms with Crippen LogP contribution in [0, 0.1) is 6.92 Å². The highest BCUT2D eigenvalue weighted by atomic mass is 16.2. The Labute approximate surface area is 135 Å². The Hall–Kier alpha value is -2.57. The summed E-state index contributed by atoms with van der Waals surface area (Å²) in [7, 11) is 3.31. The predicted octanol–water partition coefficient (Wildman–Crippen LogP) is 0.961. The smallest absolute Gasteiger partial charge is 0.315 e. The first kappa shape index (κ1) is 16.8. The summed E-state index contributed by atoms with van der Waals surface area (Å²) in [5.41, 5.74) is 2.95. The van der Waals surface area contributed by atoms with E-state index in [0.29, 0.717) is 13.0 Å². The van der Waals surface area contributed by atoms with Crippen LogP contribution in [0.4, 0.5) is 4.79 Å². The number of aromatic nitrogens is 2. The van der Waals surface area contributed by atoms with Gasteiger partial charge in [0.05, 0.1) is 5.69 Å². The van der Waals surface area contributed by atoms with Gasteiger partial charge < -0.3 is 19.9 Å². The van der Waals surface area contributed by atoms with Crippen LogP contribution in [0.25, 0.3) is 5.65 Å². The highest BCUT2D eigenvalue weighted by molar-refractivity contribution is 5.86. The maximum absolute atomic E-state index is 11.8. The molecule has 2 aromatic rings. The first-order chi connectivity index (χ1) is 10.9. The van der Waals surface area contributed by atoms with E-state index in [2.05, 4.69) is 15.6 Å². The Kier molecular flexibility index (Phi) is 5.20. The molecule has 0 aliphatic carbocycles. The molecule has 2 aromatic heterocycles. The second-order valence-electron chi connectivity index (χ2n) is 5.76. The molecule has 0 fully saturated rings. The van der Waals surface area contributed by atoms with Crippen molar-refractivity contribution in [2.45, 2.75) is 26.3 Å². The summed E-state index contributed by atoms with van der Waals surface area (Å²) in [5.74, 6) is -0.143. The number of likely N-dealkylation sites (N-methyl/N-ethyl adjacent to an activating group) is 1. The van der Waals surface area contributed by atoms with Crippen molar-refractivity contribution < 1.29 is 9.59 Å².